The van der Waals surface area contributed by atoms with Crippen molar-refractivity contribution in [2.24, 2.45) is 11.5 Å². The molecular formula is C11H17N2O11PS. The van der Waals surface area contributed by atoms with Gasteiger partial charge in [0.2, 0.25) is 10.5 Å². The predicted octanol–water partition coefficient (Wildman–Crippen LogP) is -3.13. The molecule has 1 amide bonds. The standard InChI is InChI=1S/C11H17N2O11PS/c1-3(14)22-5-4(12)6(24-25(19,20)21)10(9(16)17)2-26-11(18,8(13)15)7(5)23-10/h4-7,18H,2,12H2,1H3,(H2,13,15)(H,16,17)(H2,19,20,21)/t4-,5-,6-,7-,10+,11-/m1/s1. The van der Waals surface area contributed by atoms with E-state index in [1.807, 2.05) is 0 Å². The number of ether oxygens (including phenoxy) is 2. The molecule has 2 rings (SSSR count). The molecule has 6 atom stereocenters. The van der Waals surface area contributed by atoms with Gasteiger partial charge in [0.1, 0.15) is 18.3 Å². The highest BCUT2D eigenvalue weighted by molar-refractivity contribution is 8.01. The van der Waals surface area contributed by atoms with E-state index in [0.29, 0.717) is 11.8 Å². The Hall–Kier alpha value is -1.25. The van der Waals surface area contributed by atoms with Gasteiger partial charge in [0.05, 0.1) is 6.04 Å². The van der Waals surface area contributed by atoms with Crippen molar-refractivity contribution in [1.29, 1.82) is 0 Å². The summed E-state index contributed by atoms with van der Waals surface area (Å²) in [6.45, 7) is 0.962. The molecular weight excluding hydrogens is 399 g/mol. The third-order valence-electron chi connectivity index (χ3n) is 3.98. The molecule has 0 aromatic rings. The molecule has 2 fully saturated rings. The Morgan fingerprint density at radius 1 is 1.35 bits per heavy atom. The molecule has 0 saturated carbocycles. The fraction of sp³-hybridized carbons (Fsp3) is 0.727. The Kier molecular flexibility index (Phi) is 5.45. The molecule has 2 aliphatic heterocycles. The summed E-state index contributed by atoms with van der Waals surface area (Å²) >= 11 is 0.351. The summed E-state index contributed by atoms with van der Waals surface area (Å²) in [5.74, 6) is -4.63. The first-order valence-corrected chi connectivity index (χ1v) is 9.50. The number of fused-ring (bicyclic) bond motifs is 2. The second-order valence-corrected chi connectivity index (χ2v) is 8.14. The van der Waals surface area contributed by atoms with Crippen LogP contribution in [0.1, 0.15) is 6.92 Å². The van der Waals surface area contributed by atoms with E-state index in [1.165, 1.54) is 0 Å². The van der Waals surface area contributed by atoms with Crippen LogP contribution in [0, 0.1) is 0 Å². The van der Waals surface area contributed by atoms with Gasteiger partial charge >= 0.3 is 19.8 Å². The molecule has 2 heterocycles. The zero-order valence-corrected chi connectivity index (χ0v) is 14.9. The third-order valence-corrected chi connectivity index (χ3v) is 5.93. The molecule has 0 aromatic heterocycles. The molecule has 0 spiro atoms. The lowest BCUT2D eigenvalue weighted by molar-refractivity contribution is -0.258. The summed E-state index contributed by atoms with van der Waals surface area (Å²) < 4.78 is 26.0. The molecule has 0 radical (unpaired) electrons. The minimum atomic E-state index is -5.24. The van der Waals surface area contributed by atoms with Gasteiger partial charge in [0, 0.05) is 12.7 Å². The molecule has 0 aromatic carbocycles. The molecule has 2 bridgehead atoms. The summed E-state index contributed by atoms with van der Waals surface area (Å²) in [6, 6.07) is -1.67. The minimum Gasteiger partial charge on any atom is -0.479 e. The maximum Gasteiger partial charge on any atom is 0.470 e. The van der Waals surface area contributed by atoms with Crippen LogP contribution < -0.4 is 11.5 Å². The van der Waals surface area contributed by atoms with Crippen molar-refractivity contribution in [1.82, 2.24) is 0 Å². The number of carboxylic acid groups (broad SMARTS) is 1. The Morgan fingerprint density at radius 2 is 1.92 bits per heavy atom. The Morgan fingerprint density at radius 3 is 2.35 bits per heavy atom. The van der Waals surface area contributed by atoms with Crippen molar-refractivity contribution in [3.05, 3.63) is 0 Å². The number of carbonyl (C=O) groups excluding carboxylic acids is 2. The molecule has 0 aliphatic carbocycles. The van der Waals surface area contributed by atoms with E-state index in [9.17, 15) is 29.2 Å². The number of carboxylic acids is 1. The summed E-state index contributed by atoms with van der Waals surface area (Å²) in [7, 11) is -5.24. The van der Waals surface area contributed by atoms with Crippen LogP contribution >= 0.6 is 19.6 Å². The molecule has 26 heavy (non-hydrogen) atoms. The van der Waals surface area contributed by atoms with Crippen LogP contribution in [0.2, 0.25) is 0 Å². The largest absolute Gasteiger partial charge is 0.479 e. The topological polar surface area (TPSA) is 229 Å². The van der Waals surface area contributed by atoms with Gasteiger partial charge in [0.25, 0.3) is 5.91 Å². The molecule has 0 unspecified atom stereocenters. The Labute approximate surface area is 150 Å². The number of carbonyl (C=O) groups is 3. The summed E-state index contributed by atoms with van der Waals surface area (Å²) in [5, 5.41) is 20.1. The fourth-order valence-electron chi connectivity index (χ4n) is 2.84. The second-order valence-electron chi connectivity index (χ2n) is 5.75. The number of nitrogens with two attached hydrogens (primary N) is 2. The van der Waals surface area contributed by atoms with Crippen molar-refractivity contribution in [2.45, 2.75) is 41.8 Å². The first kappa shape index (κ1) is 21.1. The number of rotatable bonds is 5. The van der Waals surface area contributed by atoms with E-state index in [-0.39, 0.29) is 0 Å². The van der Waals surface area contributed by atoms with E-state index in [0.717, 1.165) is 6.92 Å². The summed E-state index contributed by atoms with van der Waals surface area (Å²) in [4.78, 5) is 50.5. The van der Waals surface area contributed by atoms with Gasteiger partial charge in [-0.25, -0.2) is 9.36 Å². The first-order valence-electron chi connectivity index (χ1n) is 6.99. The van der Waals surface area contributed by atoms with Crippen molar-refractivity contribution in [3.63, 3.8) is 0 Å². The van der Waals surface area contributed by atoms with Crippen LogP contribution in [-0.2, 0) is 32.9 Å². The number of amides is 1. The monoisotopic (exact) mass is 416 g/mol. The highest BCUT2D eigenvalue weighted by Crippen LogP contribution is 2.51. The average Bonchev–Trinajstić information content (AvgIpc) is 2.48. The van der Waals surface area contributed by atoms with E-state index in [4.69, 9.17) is 30.7 Å². The maximum absolute atomic E-state index is 11.8. The SMILES string of the molecule is CC(=O)O[C@@H]1[C@@H](N)[C@@H](OP(=O)(O)O)[C@]2(C(=O)O)CS[C@@](O)(C(N)=O)[C@@H]1O2. The highest BCUT2D eigenvalue weighted by atomic mass is 32.2. The quantitative estimate of drug-likeness (QED) is 0.192. The van der Waals surface area contributed by atoms with Crippen LogP contribution in [0.5, 0.6) is 0 Å². The number of esters is 1. The normalized spacial score (nSPS) is 39.9. The van der Waals surface area contributed by atoms with Crippen LogP contribution in [0.3, 0.4) is 0 Å². The lowest BCUT2D eigenvalue weighted by Gasteiger charge is -2.55. The van der Waals surface area contributed by atoms with Crippen molar-refractivity contribution in [3.8, 4) is 0 Å². The molecule has 8 N–H and O–H groups in total. The number of hydrogen-bond acceptors (Lipinski definition) is 10. The van der Waals surface area contributed by atoms with Gasteiger partial charge in [-0.2, -0.15) is 0 Å². The number of aliphatic hydroxyl groups is 1. The van der Waals surface area contributed by atoms with Crippen LogP contribution in [-0.4, -0.2) is 78.5 Å². The Bertz CT molecular complexity index is 685. The molecule has 13 nitrogen and oxygen atoms in total. The molecule has 2 saturated heterocycles. The van der Waals surface area contributed by atoms with Crippen molar-refractivity contribution < 1.29 is 52.9 Å². The van der Waals surface area contributed by atoms with E-state index < -0.39 is 66.3 Å². The van der Waals surface area contributed by atoms with Crippen LogP contribution in [0.4, 0.5) is 0 Å². The summed E-state index contributed by atoms with van der Waals surface area (Å²) in [5.41, 5.74) is 8.57. The van der Waals surface area contributed by atoms with Crippen LogP contribution in [0.15, 0.2) is 0 Å². The highest BCUT2D eigenvalue weighted by Gasteiger charge is 2.70. The lowest BCUT2D eigenvalue weighted by atomic mass is 9.82. The lowest BCUT2D eigenvalue weighted by Crippen LogP contribution is -2.79. The number of phosphoric acid groups is 1. The minimum absolute atomic E-state index is 0.351. The molecule has 148 valence electrons. The maximum atomic E-state index is 11.8. The van der Waals surface area contributed by atoms with E-state index >= 15 is 0 Å². The number of aliphatic carboxylic acids is 1. The fourth-order valence-corrected chi connectivity index (χ4v) is 4.73. The van der Waals surface area contributed by atoms with Gasteiger partial charge in [0.15, 0.2) is 0 Å². The molecule has 2 aliphatic rings. The molecule has 15 heteroatoms. The number of phosphoric ester groups is 1. The van der Waals surface area contributed by atoms with E-state index in [1.54, 1.807) is 0 Å². The average molecular weight is 416 g/mol. The van der Waals surface area contributed by atoms with Crippen molar-refractivity contribution >= 4 is 37.4 Å². The Balaban J connectivity index is 2.58. The first-order chi connectivity index (χ1) is 11.7. The third kappa shape index (κ3) is 3.46. The van der Waals surface area contributed by atoms with Gasteiger partial charge in [-0.3, -0.25) is 14.1 Å². The van der Waals surface area contributed by atoms with Crippen LogP contribution in [0.25, 0.3) is 0 Å². The predicted molar refractivity (Wildman–Crippen MR) is 82.3 cm³/mol. The summed E-state index contributed by atoms with van der Waals surface area (Å²) in [6.07, 6.45) is -5.46. The smallest absolute Gasteiger partial charge is 0.470 e. The van der Waals surface area contributed by atoms with Gasteiger partial charge in [-0.1, -0.05) is 0 Å². The van der Waals surface area contributed by atoms with Gasteiger partial charge in [-0.15, -0.1) is 11.8 Å². The van der Waals surface area contributed by atoms with E-state index in [2.05, 4.69) is 4.52 Å². The second kappa shape index (κ2) is 6.73. The number of hydrogen-bond donors (Lipinski definition) is 6. The van der Waals surface area contributed by atoms with Gasteiger partial charge in [-0.05, 0) is 0 Å². The zero-order valence-electron chi connectivity index (χ0n) is 13.2. The number of thioether (sulfide) groups is 1. The number of primary amides is 1. The van der Waals surface area contributed by atoms with Gasteiger partial charge < -0.3 is 40.9 Å². The zero-order chi connectivity index (χ0) is 20.1. The van der Waals surface area contributed by atoms with Crippen molar-refractivity contribution in [2.75, 3.05) is 5.75 Å².